The lowest BCUT2D eigenvalue weighted by molar-refractivity contribution is -0.963. The fourth-order valence-corrected chi connectivity index (χ4v) is 4.75. The van der Waals surface area contributed by atoms with E-state index in [1.54, 1.807) is 4.90 Å². The number of hydrogen-bond acceptors (Lipinski definition) is 2. The summed E-state index contributed by atoms with van der Waals surface area (Å²) < 4.78 is 5.59. The first-order valence-electron chi connectivity index (χ1n) is 10.2. The second-order valence-electron chi connectivity index (χ2n) is 8.19. The number of carbonyl (C=O) groups excluding carboxylic acids is 1. The van der Waals surface area contributed by atoms with Crippen LogP contribution in [-0.2, 0) is 0 Å². The van der Waals surface area contributed by atoms with E-state index >= 15 is 0 Å². The number of rotatable bonds is 6. The number of ether oxygens (including phenoxy) is 1. The monoisotopic (exact) mass is 360 g/mol. The number of quaternary nitrogens is 1. The van der Waals surface area contributed by atoms with Gasteiger partial charge in [-0.25, -0.2) is 4.79 Å². The molecule has 0 saturated carbocycles. The fraction of sp³-hybridized carbons (Fsp3) is 0.667. The van der Waals surface area contributed by atoms with Crippen molar-refractivity contribution in [3.63, 3.8) is 0 Å². The van der Waals surface area contributed by atoms with E-state index < -0.39 is 0 Å². The third-order valence-corrected chi connectivity index (χ3v) is 5.71. The summed E-state index contributed by atoms with van der Waals surface area (Å²) in [6.45, 7) is 8.42. The zero-order valence-electron chi connectivity index (χ0n) is 16.4. The molecule has 3 rings (SSSR count). The van der Waals surface area contributed by atoms with Crippen LogP contribution in [0.15, 0.2) is 24.3 Å². The van der Waals surface area contributed by atoms with E-state index in [0.29, 0.717) is 18.7 Å². The van der Waals surface area contributed by atoms with Gasteiger partial charge in [0, 0.05) is 24.8 Å². The van der Waals surface area contributed by atoms with Gasteiger partial charge in [0.15, 0.2) is 0 Å². The number of urea groups is 1. The minimum atomic E-state index is -0.118. The average Bonchev–Trinajstić information content (AvgIpc) is 2.57. The standard InChI is InChI=1S/C21H33N3O2/c1-4-26-20-11-6-5-10-19(20)23-21(25)22-16-12-17-8-7-9-18(13-16)24(17)14-15(2)3/h5-6,10-11,15-18H,4,7-9,12-14H2,1-3H3,(H2,22,23,25)/p+1/t17-,18-/m1/s1. The Labute approximate surface area is 157 Å². The third-order valence-electron chi connectivity index (χ3n) is 5.71. The van der Waals surface area contributed by atoms with E-state index in [9.17, 15) is 4.79 Å². The van der Waals surface area contributed by atoms with Crippen molar-refractivity contribution in [2.45, 2.75) is 71.0 Å². The van der Waals surface area contributed by atoms with Gasteiger partial charge >= 0.3 is 6.03 Å². The molecule has 2 aliphatic rings. The van der Waals surface area contributed by atoms with E-state index in [2.05, 4.69) is 24.5 Å². The molecule has 2 fully saturated rings. The molecule has 2 saturated heterocycles. The Kier molecular flexibility index (Phi) is 6.41. The van der Waals surface area contributed by atoms with Crippen molar-refractivity contribution in [1.82, 2.24) is 5.32 Å². The molecule has 0 spiro atoms. The van der Waals surface area contributed by atoms with Crippen LogP contribution in [0.3, 0.4) is 0 Å². The molecule has 2 amide bonds. The SMILES string of the molecule is CCOc1ccccc1NC(=O)NC1C[C@H]2CCC[C@H](C1)[NH+]2CC(C)C. The first kappa shape index (κ1) is 19.0. The number of para-hydroxylation sites is 2. The van der Waals surface area contributed by atoms with Crippen molar-refractivity contribution in [3.8, 4) is 5.75 Å². The first-order valence-corrected chi connectivity index (χ1v) is 10.2. The Hall–Kier alpha value is -1.75. The lowest BCUT2D eigenvalue weighted by atomic mass is 9.81. The van der Waals surface area contributed by atoms with Crippen LogP contribution in [-0.4, -0.2) is 37.3 Å². The lowest BCUT2D eigenvalue weighted by Crippen LogP contribution is -3.21. The molecule has 1 aromatic carbocycles. The number of piperidine rings is 2. The summed E-state index contributed by atoms with van der Waals surface area (Å²) in [5.74, 6) is 1.45. The molecule has 0 unspecified atom stereocenters. The van der Waals surface area contributed by atoms with Gasteiger partial charge in [0.25, 0.3) is 0 Å². The second-order valence-corrected chi connectivity index (χ2v) is 8.19. The van der Waals surface area contributed by atoms with Crippen molar-refractivity contribution in [2.24, 2.45) is 5.92 Å². The van der Waals surface area contributed by atoms with Gasteiger partial charge in [-0.3, -0.25) is 0 Å². The summed E-state index contributed by atoms with van der Waals surface area (Å²) in [4.78, 5) is 14.3. The molecule has 5 nitrogen and oxygen atoms in total. The highest BCUT2D eigenvalue weighted by molar-refractivity contribution is 5.91. The van der Waals surface area contributed by atoms with Crippen molar-refractivity contribution in [3.05, 3.63) is 24.3 Å². The van der Waals surface area contributed by atoms with Crippen LogP contribution >= 0.6 is 0 Å². The number of hydrogen-bond donors (Lipinski definition) is 3. The minimum Gasteiger partial charge on any atom is -0.492 e. The summed E-state index contributed by atoms with van der Waals surface area (Å²) in [6, 6.07) is 9.16. The summed E-state index contributed by atoms with van der Waals surface area (Å²) in [5, 5.41) is 6.19. The molecule has 1 aromatic rings. The van der Waals surface area contributed by atoms with Crippen LogP contribution in [0, 0.1) is 5.92 Å². The Bertz CT molecular complexity index is 591. The molecule has 2 heterocycles. The summed E-state index contributed by atoms with van der Waals surface area (Å²) in [5.41, 5.74) is 0.731. The molecule has 0 radical (unpaired) electrons. The zero-order chi connectivity index (χ0) is 18.5. The highest BCUT2D eigenvalue weighted by Gasteiger charge is 2.42. The van der Waals surface area contributed by atoms with Gasteiger partial charge in [0.1, 0.15) is 5.75 Å². The molecule has 2 aliphatic heterocycles. The quantitative estimate of drug-likeness (QED) is 0.731. The molecular formula is C21H34N3O2+. The molecule has 144 valence electrons. The van der Waals surface area contributed by atoms with Crippen LogP contribution < -0.4 is 20.3 Å². The topological polar surface area (TPSA) is 54.8 Å². The van der Waals surface area contributed by atoms with Crippen molar-refractivity contribution in [1.29, 1.82) is 0 Å². The van der Waals surface area contributed by atoms with E-state index in [1.807, 2.05) is 31.2 Å². The third kappa shape index (κ3) is 4.70. The van der Waals surface area contributed by atoms with Crippen LogP contribution in [0.25, 0.3) is 0 Å². The van der Waals surface area contributed by atoms with Gasteiger partial charge < -0.3 is 20.3 Å². The van der Waals surface area contributed by atoms with Crippen LogP contribution in [0.5, 0.6) is 5.75 Å². The number of nitrogens with one attached hydrogen (secondary N) is 3. The average molecular weight is 361 g/mol. The van der Waals surface area contributed by atoms with Crippen molar-refractivity contribution >= 4 is 11.7 Å². The van der Waals surface area contributed by atoms with Gasteiger partial charge in [0.2, 0.25) is 0 Å². The summed E-state index contributed by atoms with van der Waals surface area (Å²) >= 11 is 0. The molecule has 2 atom stereocenters. The minimum absolute atomic E-state index is 0.118. The fourth-order valence-electron chi connectivity index (χ4n) is 4.75. The Morgan fingerprint density at radius 2 is 1.92 bits per heavy atom. The maximum absolute atomic E-state index is 12.5. The van der Waals surface area contributed by atoms with E-state index in [4.69, 9.17) is 4.74 Å². The molecular weight excluding hydrogens is 326 g/mol. The Morgan fingerprint density at radius 3 is 2.58 bits per heavy atom. The van der Waals surface area contributed by atoms with Gasteiger partial charge in [-0.2, -0.15) is 0 Å². The molecule has 5 heteroatoms. The van der Waals surface area contributed by atoms with Crippen molar-refractivity contribution < 1.29 is 14.4 Å². The normalized spacial score (nSPS) is 27.8. The van der Waals surface area contributed by atoms with Gasteiger partial charge in [0.05, 0.1) is 30.9 Å². The van der Waals surface area contributed by atoms with Crippen LogP contribution in [0.4, 0.5) is 10.5 Å². The summed E-state index contributed by atoms with van der Waals surface area (Å²) in [7, 11) is 0. The number of benzene rings is 1. The molecule has 0 aliphatic carbocycles. The van der Waals surface area contributed by atoms with Crippen LogP contribution in [0.2, 0.25) is 0 Å². The Balaban J connectivity index is 1.57. The van der Waals surface area contributed by atoms with Crippen LogP contribution in [0.1, 0.15) is 52.9 Å². The second kappa shape index (κ2) is 8.76. The number of anilines is 1. The molecule has 0 aromatic heterocycles. The summed E-state index contributed by atoms with van der Waals surface area (Å²) in [6.07, 6.45) is 6.13. The van der Waals surface area contributed by atoms with E-state index in [-0.39, 0.29) is 12.1 Å². The van der Waals surface area contributed by atoms with Gasteiger partial charge in [-0.15, -0.1) is 0 Å². The largest absolute Gasteiger partial charge is 0.492 e. The number of fused-ring (bicyclic) bond motifs is 2. The van der Waals surface area contributed by atoms with Gasteiger partial charge in [-0.05, 0) is 38.3 Å². The maximum Gasteiger partial charge on any atom is 0.319 e. The number of carbonyl (C=O) groups is 1. The highest BCUT2D eigenvalue weighted by Crippen LogP contribution is 2.25. The smallest absolute Gasteiger partial charge is 0.319 e. The Morgan fingerprint density at radius 1 is 1.23 bits per heavy atom. The maximum atomic E-state index is 12.5. The molecule has 26 heavy (non-hydrogen) atoms. The molecule has 3 N–H and O–H groups in total. The first-order chi connectivity index (χ1) is 12.6. The van der Waals surface area contributed by atoms with E-state index in [1.165, 1.54) is 25.8 Å². The highest BCUT2D eigenvalue weighted by atomic mass is 16.5. The van der Waals surface area contributed by atoms with E-state index in [0.717, 1.165) is 30.2 Å². The molecule has 2 bridgehead atoms. The van der Waals surface area contributed by atoms with Gasteiger partial charge in [-0.1, -0.05) is 26.0 Å². The lowest BCUT2D eigenvalue weighted by Gasteiger charge is -2.46. The number of amides is 2. The predicted molar refractivity (Wildman–Crippen MR) is 105 cm³/mol. The predicted octanol–water partition coefficient (Wildman–Crippen LogP) is 2.83. The zero-order valence-corrected chi connectivity index (χ0v) is 16.4. The van der Waals surface area contributed by atoms with Crippen molar-refractivity contribution in [2.75, 3.05) is 18.5 Å².